The number of nitrogens with one attached hydrogen (secondary N) is 1. The van der Waals surface area contributed by atoms with Crippen LogP contribution in [0.3, 0.4) is 0 Å². The van der Waals surface area contributed by atoms with Gasteiger partial charge in [0.15, 0.2) is 11.5 Å². The summed E-state index contributed by atoms with van der Waals surface area (Å²) in [5, 5.41) is 0. The van der Waals surface area contributed by atoms with Crippen molar-refractivity contribution in [3.8, 4) is 11.5 Å². The summed E-state index contributed by atoms with van der Waals surface area (Å²) in [4.78, 5) is 4.02. The molecule has 1 aliphatic rings. The van der Waals surface area contributed by atoms with Crippen LogP contribution in [0.25, 0.3) is 0 Å². The lowest BCUT2D eigenvalue weighted by molar-refractivity contribution is -0.286. The number of fused-ring (bicyclic) bond motifs is 1. The van der Waals surface area contributed by atoms with Crippen molar-refractivity contribution in [1.29, 1.82) is 0 Å². The zero-order valence-corrected chi connectivity index (χ0v) is 12.4. The second-order valence-corrected chi connectivity index (χ2v) is 7.44. The van der Waals surface area contributed by atoms with Crippen molar-refractivity contribution in [2.24, 2.45) is 0 Å². The largest absolute Gasteiger partial charge is 0.586 e. The van der Waals surface area contributed by atoms with Crippen LogP contribution in [0.2, 0.25) is 0 Å². The van der Waals surface area contributed by atoms with Crippen molar-refractivity contribution in [3.05, 3.63) is 18.0 Å². The third-order valence-corrected chi connectivity index (χ3v) is 4.27. The summed E-state index contributed by atoms with van der Waals surface area (Å²) in [6.07, 6.45) is -2.49. The Labute approximate surface area is 118 Å². The van der Waals surface area contributed by atoms with Crippen LogP contribution in [0.1, 0.15) is 39.4 Å². The van der Waals surface area contributed by atoms with Gasteiger partial charge in [-0.05, 0) is 27.7 Å². The van der Waals surface area contributed by atoms with Gasteiger partial charge in [-0.1, -0.05) is 0 Å². The third kappa shape index (κ3) is 3.24. The molecule has 2 heterocycles. The molecule has 2 rings (SSSR count). The first-order chi connectivity index (χ1) is 9.08. The monoisotopic (exact) mass is 306 g/mol. The molecular formula is C12H16F2N2O3S. The van der Waals surface area contributed by atoms with Gasteiger partial charge in [0.25, 0.3) is 0 Å². The van der Waals surface area contributed by atoms with Crippen molar-refractivity contribution >= 4 is 11.0 Å². The lowest BCUT2D eigenvalue weighted by Crippen LogP contribution is -2.35. The number of ether oxygens (including phenoxy) is 2. The van der Waals surface area contributed by atoms with Crippen LogP contribution >= 0.6 is 0 Å². The quantitative estimate of drug-likeness (QED) is 0.932. The lowest BCUT2D eigenvalue weighted by Gasteiger charge is -2.21. The highest BCUT2D eigenvalue weighted by molar-refractivity contribution is 7.84. The Morgan fingerprint density at radius 1 is 1.35 bits per heavy atom. The van der Waals surface area contributed by atoms with E-state index in [1.54, 1.807) is 6.92 Å². The van der Waals surface area contributed by atoms with Crippen LogP contribution < -0.4 is 14.2 Å². The van der Waals surface area contributed by atoms with E-state index in [4.69, 9.17) is 0 Å². The van der Waals surface area contributed by atoms with Crippen molar-refractivity contribution in [1.82, 2.24) is 9.71 Å². The Hall–Kier alpha value is -1.28. The fraction of sp³-hybridized carbons (Fsp3) is 0.583. The van der Waals surface area contributed by atoms with E-state index in [1.807, 2.05) is 20.8 Å². The standard InChI is InChI=1S/C12H16F2N2O3S/c1-7(16-20(17)11(2,3)4)8-5-9-10(6-15-8)19-12(13,14)18-9/h5-7,16H,1-4H3/t7-,20?/m1/s1. The van der Waals surface area contributed by atoms with Gasteiger partial charge in [-0.25, -0.2) is 8.93 Å². The fourth-order valence-corrected chi connectivity index (χ4v) is 2.30. The van der Waals surface area contributed by atoms with Crippen molar-refractivity contribution in [3.63, 3.8) is 0 Å². The van der Waals surface area contributed by atoms with E-state index in [0.717, 1.165) is 0 Å². The molecule has 0 saturated heterocycles. The zero-order valence-electron chi connectivity index (χ0n) is 11.6. The molecule has 0 fully saturated rings. The van der Waals surface area contributed by atoms with E-state index in [0.29, 0.717) is 5.69 Å². The molecule has 20 heavy (non-hydrogen) atoms. The minimum Gasteiger partial charge on any atom is -0.395 e. The number of halogens is 2. The minimum atomic E-state index is -3.66. The van der Waals surface area contributed by atoms with E-state index in [9.17, 15) is 13.0 Å². The number of nitrogens with zero attached hydrogens (tertiary/aromatic N) is 1. The Morgan fingerprint density at radius 2 is 1.95 bits per heavy atom. The van der Waals surface area contributed by atoms with Gasteiger partial charge in [-0.15, -0.1) is 8.78 Å². The zero-order chi connectivity index (χ0) is 15.1. The van der Waals surface area contributed by atoms with Gasteiger partial charge in [0, 0.05) is 6.07 Å². The Morgan fingerprint density at radius 3 is 2.55 bits per heavy atom. The number of hydrogen-bond acceptors (Lipinski definition) is 4. The second-order valence-electron chi connectivity index (χ2n) is 5.44. The van der Waals surface area contributed by atoms with E-state index in [2.05, 4.69) is 19.2 Å². The van der Waals surface area contributed by atoms with Crippen LogP contribution in [0.15, 0.2) is 12.3 Å². The predicted molar refractivity (Wildman–Crippen MR) is 69.9 cm³/mol. The van der Waals surface area contributed by atoms with Gasteiger partial charge in [0.1, 0.15) is 0 Å². The fourth-order valence-electron chi connectivity index (χ4n) is 1.51. The maximum Gasteiger partial charge on any atom is 0.586 e. The predicted octanol–water partition coefficient (Wildman–Crippen LogP) is 2.52. The number of alkyl halides is 2. The molecule has 0 saturated carbocycles. The van der Waals surface area contributed by atoms with E-state index >= 15 is 0 Å². The highest BCUT2D eigenvalue weighted by Crippen LogP contribution is 2.41. The molecule has 2 atom stereocenters. The molecule has 5 nitrogen and oxygen atoms in total. The van der Waals surface area contributed by atoms with Crippen molar-refractivity contribution in [2.45, 2.75) is 44.8 Å². The van der Waals surface area contributed by atoms with Gasteiger partial charge in [-0.3, -0.25) is 4.98 Å². The summed E-state index contributed by atoms with van der Waals surface area (Å²) in [6.45, 7) is 7.23. The highest BCUT2D eigenvalue weighted by Gasteiger charge is 2.43. The Balaban J connectivity index is 2.14. The normalized spacial score (nSPS) is 19.7. The summed E-state index contributed by atoms with van der Waals surface area (Å²) in [7, 11) is -1.29. The maximum atomic E-state index is 12.9. The molecule has 8 heteroatoms. The lowest BCUT2D eigenvalue weighted by atomic mass is 10.2. The minimum absolute atomic E-state index is 0.0739. The highest BCUT2D eigenvalue weighted by atomic mass is 32.2. The van der Waals surface area contributed by atoms with Gasteiger partial charge in [0.05, 0.1) is 33.7 Å². The first-order valence-corrected chi connectivity index (χ1v) is 7.17. The Bertz CT molecular complexity index is 546. The summed E-state index contributed by atoms with van der Waals surface area (Å²) in [5.74, 6) is -0.182. The first-order valence-electron chi connectivity index (χ1n) is 6.02. The molecule has 0 aromatic carbocycles. The number of rotatable bonds is 3. The van der Waals surface area contributed by atoms with Crippen molar-refractivity contribution in [2.75, 3.05) is 0 Å². The number of pyridine rings is 1. The second kappa shape index (κ2) is 4.92. The number of aromatic nitrogens is 1. The molecule has 1 aromatic rings. The summed E-state index contributed by atoms with van der Waals surface area (Å²) >= 11 is 0. The molecule has 0 bridgehead atoms. The third-order valence-electron chi connectivity index (χ3n) is 2.59. The van der Waals surface area contributed by atoms with Gasteiger partial charge in [-0.2, -0.15) is 0 Å². The molecule has 1 unspecified atom stereocenters. The first kappa shape index (κ1) is 15.1. The molecule has 0 amide bonds. The average Bonchev–Trinajstić information content (AvgIpc) is 2.60. The van der Waals surface area contributed by atoms with Crippen LogP contribution in [0.5, 0.6) is 11.5 Å². The molecular weight excluding hydrogens is 290 g/mol. The SMILES string of the molecule is C[C@@H](NS(=O)C(C)(C)C)c1cc2c(cn1)OC(F)(F)O2. The summed E-state index contributed by atoms with van der Waals surface area (Å²) in [6, 6.07) is 0.978. The summed E-state index contributed by atoms with van der Waals surface area (Å²) < 4.78 is 48.8. The van der Waals surface area contributed by atoms with Gasteiger partial charge < -0.3 is 9.47 Å². The van der Waals surface area contributed by atoms with Crippen LogP contribution in [0, 0.1) is 0 Å². The van der Waals surface area contributed by atoms with Gasteiger partial charge >= 0.3 is 6.29 Å². The Kier molecular flexibility index (Phi) is 3.72. The smallest absolute Gasteiger partial charge is 0.395 e. The molecule has 0 aliphatic carbocycles. The topological polar surface area (TPSA) is 60.5 Å². The maximum absolute atomic E-state index is 12.9. The van der Waals surface area contributed by atoms with E-state index in [1.165, 1.54) is 12.3 Å². The van der Waals surface area contributed by atoms with E-state index < -0.39 is 22.0 Å². The molecule has 0 radical (unpaired) electrons. The van der Waals surface area contributed by atoms with Gasteiger partial charge in [0.2, 0.25) is 0 Å². The van der Waals surface area contributed by atoms with Crippen LogP contribution in [0.4, 0.5) is 8.78 Å². The number of hydrogen-bond donors (Lipinski definition) is 1. The molecule has 0 spiro atoms. The average molecular weight is 306 g/mol. The van der Waals surface area contributed by atoms with E-state index in [-0.39, 0.29) is 17.5 Å². The molecule has 112 valence electrons. The molecule has 1 N–H and O–H groups in total. The van der Waals surface area contributed by atoms with Crippen molar-refractivity contribution < 1.29 is 22.5 Å². The molecule has 1 aliphatic heterocycles. The summed E-state index contributed by atoms with van der Waals surface area (Å²) in [5.41, 5.74) is 0.447. The molecule has 1 aromatic heterocycles. The van der Waals surface area contributed by atoms with Crippen LogP contribution in [-0.2, 0) is 11.0 Å². The van der Waals surface area contributed by atoms with Crippen LogP contribution in [-0.4, -0.2) is 20.2 Å².